The molecule has 0 atom stereocenters. The van der Waals surface area contributed by atoms with Gasteiger partial charge in [-0.15, -0.1) is 11.3 Å². The molecule has 1 heterocycles. The largest absolute Gasteiger partial charge is 0.294 e. The summed E-state index contributed by atoms with van der Waals surface area (Å²) < 4.78 is 0. The van der Waals surface area contributed by atoms with Crippen LogP contribution in [0.25, 0.3) is 0 Å². The minimum Gasteiger partial charge on any atom is -0.294 e. The molecule has 0 saturated heterocycles. The molecular weight excluding hydrogens is 204 g/mol. The van der Waals surface area contributed by atoms with E-state index in [1.807, 2.05) is 36.4 Å². The molecule has 0 aliphatic heterocycles. The van der Waals surface area contributed by atoms with Gasteiger partial charge >= 0.3 is 0 Å². The zero-order chi connectivity index (χ0) is 10.7. The van der Waals surface area contributed by atoms with Gasteiger partial charge < -0.3 is 0 Å². The maximum absolute atomic E-state index is 11.8. The lowest BCUT2D eigenvalue weighted by Gasteiger charge is -1.97. The lowest BCUT2D eigenvalue weighted by molar-refractivity contribution is 0.0994. The number of Topliss-reactive ketones (excluding diaryl/α,β-unsaturated/α-hetero) is 1. The predicted octanol–water partition coefficient (Wildman–Crippen LogP) is 3.48. The van der Waals surface area contributed by atoms with Gasteiger partial charge in [0, 0.05) is 21.7 Å². The van der Waals surface area contributed by atoms with Crippen molar-refractivity contribution in [3.05, 3.63) is 57.8 Å². The van der Waals surface area contributed by atoms with E-state index in [2.05, 4.69) is 13.0 Å². The number of hydrogen-bond acceptors (Lipinski definition) is 2. The number of carbonyl (C=O) groups excluding carboxylic acids is 1. The monoisotopic (exact) mass is 216 g/mol. The molecule has 0 bridgehead atoms. The van der Waals surface area contributed by atoms with Gasteiger partial charge in [-0.05, 0) is 19.1 Å². The minimum absolute atomic E-state index is 0.192. The van der Waals surface area contributed by atoms with Gasteiger partial charge in [0.15, 0.2) is 5.78 Å². The third-order valence-corrected chi connectivity index (χ3v) is 3.23. The van der Waals surface area contributed by atoms with Crippen LogP contribution < -0.4 is 0 Å². The van der Waals surface area contributed by atoms with E-state index in [0.29, 0.717) is 6.42 Å². The van der Waals surface area contributed by atoms with E-state index in [4.69, 9.17) is 0 Å². The topological polar surface area (TPSA) is 17.1 Å². The molecule has 0 radical (unpaired) electrons. The first kappa shape index (κ1) is 10.1. The van der Waals surface area contributed by atoms with Gasteiger partial charge in [-0.2, -0.15) is 0 Å². The Hall–Kier alpha value is -1.41. The van der Waals surface area contributed by atoms with Crippen LogP contribution in [0.15, 0.2) is 42.5 Å². The van der Waals surface area contributed by atoms with E-state index in [1.165, 1.54) is 4.88 Å². The molecular formula is C13H12OS. The summed E-state index contributed by atoms with van der Waals surface area (Å²) in [5.41, 5.74) is 0.795. The van der Waals surface area contributed by atoms with Crippen molar-refractivity contribution in [1.29, 1.82) is 0 Å². The molecule has 0 unspecified atom stereocenters. The lowest BCUT2D eigenvalue weighted by Crippen LogP contribution is -2.01. The maximum atomic E-state index is 11.8. The van der Waals surface area contributed by atoms with Gasteiger partial charge in [-0.3, -0.25) is 4.79 Å². The van der Waals surface area contributed by atoms with Crippen LogP contribution in [0.2, 0.25) is 0 Å². The Bertz CT molecular complexity index is 456. The summed E-state index contributed by atoms with van der Waals surface area (Å²) in [6.07, 6.45) is 0.516. The van der Waals surface area contributed by atoms with Crippen LogP contribution in [0, 0.1) is 6.92 Å². The fourth-order valence-electron chi connectivity index (χ4n) is 1.46. The highest BCUT2D eigenvalue weighted by Crippen LogP contribution is 2.17. The third kappa shape index (κ3) is 2.54. The summed E-state index contributed by atoms with van der Waals surface area (Å²) in [5, 5.41) is 0. The average Bonchev–Trinajstić information content (AvgIpc) is 2.65. The number of benzene rings is 1. The zero-order valence-corrected chi connectivity index (χ0v) is 9.38. The summed E-state index contributed by atoms with van der Waals surface area (Å²) in [7, 11) is 0. The van der Waals surface area contributed by atoms with E-state index in [0.717, 1.165) is 10.4 Å². The van der Waals surface area contributed by atoms with Crippen molar-refractivity contribution in [2.45, 2.75) is 13.3 Å². The Morgan fingerprint density at radius 1 is 1.13 bits per heavy atom. The summed E-state index contributed by atoms with van der Waals surface area (Å²) in [5.74, 6) is 0.192. The maximum Gasteiger partial charge on any atom is 0.168 e. The third-order valence-electron chi connectivity index (χ3n) is 2.23. The number of carbonyl (C=O) groups is 1. The number of aryl methyl sites for hydroxylation is 1. The number of hydrogen-bond donors (Lipinski definition) is 0. The van der Waals surface area contributed by atoms with Gasteiger partial charge in [0.1, 0.15) is 0 Å². The SMILES string of the molecule is Cc1ccc(CC(=O)c2ccccc2)s1. The molecule has 0 fully saturated rings. The van der Waals surface area contributed by atoms with E-state index >= 15 is 0 Å². The Morgan fingerprint density at radius 3 is 2.47 bits per heavy atom. The number of ketones is 1. The van der Waals surface area contributed by atoms with Crippen LogP contribution in [-0.2, 0) is 6.42 Å². The summed E-state index contributed by atoms with van der Waals surface area (Å²) in [4.78, 5) is 14.2. The molecule has 2 rings (SSSR count). The highest BCUT2D eigenvalue weighted by Gasteiger charge is 2.07. The van der Waals surface area contributed by atoms with Crippen LogP contribution in [-0.4, -0.2) is 5.78 Å². The van der Waals surface area contributed by atoms with Crippen molar-refractivity contribution in [3.63, 3.8) is 0 Å². The highest BCUT2D eigenvalue weighted by atomic mass is 32.1. The van der Waals surface area contributed by atoms with Gasteiger partial charge in [0.05, 0.1) is 0 Å². The fourth-order valence-corrected chi connectivity index (χ4v) is 2.35. The lowest BCUT2D eigenvalue weighted by atomic mass is 10.1. The second kappa shape index (κ2) is 4.41. The molecule has 0 amide bonds. The van der Waals surface area contributed by atoms with Crippen molar-refractivity contribution in [1.82, 2.24) is 0 Å². The highest BCUT2D eigenvalue weighted by molar-refractivity contribution is 7.12. The molecule has 2 heteroatoms. The normalized spacial score (nSPS) is 10.2. The van der Waals surface area contributed by atoms with Crippen LogP contribution >= 0.6 is 11.3 Å². The molecule has 0 aliphatic carbocycles. The molecule has 76 valence electrons. The molecule has 0 N–H and O–H groups in total. The van der Waals surface area contributed by atoms with Crippen molar-refractivity contribution < 1.29 is 4.79 Å². The standard InChI is InChI=1S/C13H12OS/c1-10-7-8-12(15-10)9-13(14)11-5-3-2-4-6-11/h2-8H,9H2,1H3. The van der Waals surface area contributed by atoms with Gasteiger partial charge in [-0.25, -0.2) is 0 Å². The van der Waals surface area contributed by atoms with Crippen LogP contribution in [0.3, 0.4) is 0 Å². The second-order valence-electron chi connectivity index (χ2n) is 3.48. The Balaban J connectivity index is 2.11. The molecule has 0 aliphatic rings. The average molecular weight is 216 g/mol. The molecule has 0 spiro atoms. The van der Waals surface area contributed by atoms with Crippen molar-refractivity contribution >= 4 is 17.1 Å². The first-order valence-corrected chi connectivity index (χ1v) is 5.71. The Labute approximate surface area is 93.4 Å². The van der Waals surface area contributed by atoms with Gasteiger partial charge in [0.25, 0.3) is 0 Å². The minimum atomic E-state index is 0.192. The molecule has 15 heavy (non-hydrogen) atoms. The fraction of sp³-hybridized carbons (Fsp3) is 0.154. The molecule has 1 aromatic carbocycles. The van der Waals surface area contributed by atoms with Crippen LogP contribution in [0.5, 0.6) is 0 Å². The Morgan fingerprint density at radius 2 is 1.87 bits per heavy atom. The number of rotatable bonds is 3. The quantitative estimate of drug-likeness (QED) is 0.718. The first-order chi connectivity index (χ1) is 7.25. The second-order valence-corrected chi connectivity index (χ2v) is 4.85. The zero-order valence-electron chi connectivity index (χ0n) is 8.57. The van der Waals surface area contributed by atoms with Gasteiger partial charge in [-0.1, -0.05) is 30.3 Å². The van der Waals surface area contributed by atoms with Gasteiger partial charge in [0.2, 0.25) is 0 Å². The van der Waals surface area contributed by atoms with Crippen LogP contribution in [0.4, 0.5) is 0 Å². The Kier molecular flexibility index (Phi) is 2.97. The van der Waals surface area contributed by atoms with E-state index in [9.17, 15) is 4.79 Å². The van der Waals surface area contributed by atoms with Crippen molar-refractivity contribution in [2.24, 2.45) is 0 Å². The molecule has 1 aromatic heterocycles. The van der Waals surface area contributed by atoms with E-state index in [-0.39, 0.29) is 5.78 Å². The molecule has 1 nitrogen and oxygen atoms in total. The first-order valence-electron chi connectivity index (χ1n) is 4.89. The van der Waals surface area contributed by atoms with Crippen molar-refractivity contribution in [2.75, 3.05) is 0 Å². The van der Waals surface area contributed by atoms with E-state index in [1.54, 1.807) is 11.3 Å². The number of thiophene rings is 1. The summed E-state index contributed by atoms with van der Waals surface area (Å²) in [6.45, 7) is 2.06. The smallest absolute Gasteiger partial charge is 0.168 e. The summed E-state index contributed by atoms with van der Waals surface area (Å²) >= 11 is 1.69. The van der Waals surface area contributed by atoms with Crippen molar-refractivity contribution in [3.8, 4) is 0 Å². The van der Waals surface area contributed by atoms with Crippen LogP contribution in [0.1, 0.15) is 20.1 Å². The molecule has 0 saturated carbocycles. The summed E-state index contributed by atoms with van der Waals surface area (Å²) in [6, 6.07) is 13.5. The predicted molar refractivity (Wildman–Crippen MR) is 63.5 cm³/mol. The van der Waals surface area contributed by atoms with E-state index < -0.39 is 0 Å². The molecule has 2 aromatic rings.